The largest absolute Gasteiger partial charge is 0.377 e. The third-order valence-corrected chi connectivity index (χ3v) is 4.47. The van der Waals surface area contributed by atoms with E-state index in [4.69, 9.17) is 4.74 Å². The van der Waals surface area contributed by atoms with E-state index in [9.17, 15) is 0 Å². The van der Waals surface area contributed by atoms with Gasteiger partial charge < -0.3 is 14.2 Å². The second kappa shape index (κ2) is 6.53. The Kier molecular flexibility index (Phi) is 4.51. The van der Waals surface area contributed by atoms with Crippen LogP contribution in [0.4, 0.5) is 0 Å². The van der Waals surface area contributed by atoms with Gasteiger partial charge in [-0.25, -0.2) is 4.98 Å². The molecule has 0 amide bonds. The van der Waals surface area contributed by atoms with Crippen LogP contribution in [0, 0.1) is 5.92 Å². The molecule has 2 aliphatic heterocycles. The zero-order chi connectivity index (χ0) is 12.9. The van der Waals surface area contributed by atoms with Crippen molar-refractivity contribution in [2.24, 2.45) is 5.92 Å². The van der Waals surface area contributed by atoms with E-state index in [0.717, 1.165) is 25.6 Å². The maximum Gasteiger partial charge on any atom is 0.0945 e. The summed E-state index contributed by atoms with van der Waals surface area (Å²) in [4.78, 5) is 6.71. The third-order valence-electron chi connectivity index (χ3n) is 4.47. The SMILES string of the molecule is c1cn(CC2CCN(C[C@@H]3CCCCO3)CC2)cn1. The first-order chi connectivity index (χ1) is 9.40. The fourth-order valence-electron chi connectivity index (χ4n) is 3.28. The molecule has 3 heterocycles. The first-order valence-corrected chi connectivity index (χ1v) is 7.70. The van der Waals surface area contributed by atoms with Gasteiger partial charge in [-0.3, -0.25) is 0 Å². The quantitative estimate of drug-likeness (QED) is 0.834. The molecule has 1 aromatic rings. The lowest BCUT2D eigenvalue weighted by molar-refractivity contribution is -0.0116. The second-order valence-corrected chi connectivity index (χ2v) is 5.99. The van der Waals surface area contributed by atoms with E-state index in [1.807, 2.05) is 12.5 Å². The van der Waals surface area contributed by atoms with Gasteiger partial charge >= 0.3 is 0 Å². The highest BCUT2D eigenvalue weighted by molar-refractivity contribution is 4.80. The van der Waals surface area contributed by atoms with Crippen molar-refractivity contribution in [2.45, 2.75) is 44.8 Å². The van der Waals surface area contributed by atoms with Crippen LogP contribution < -0.4 is 0 Å². The van der Waals surface area contributed by atoms with Gasteiger partial charge in [0.1, 0.15) is 0 Å². The van der Waals surface area contributed by atoms with Gasteiger partial charge in [0.05, 0.1) is 12.4 Å². The van der Waals surface area contributed by atoms with Crippen molar-refractivity contribution in [3.63, 3.8) is 0 Å². The Hall–Kier alpha value is -0.870. The van der Waals surface area contributed by atoms with Gasteiger partial charge in [0.2, 0.25) is 0 Å². The molecular weight excluding hydrogens is 238 g/mol. The number of hydrogen-bond donors (Lipinski definition) is 0. The number of piperidine rings is 1. The van der Waals surface area contributed by atoms with Crippen LogP contribution in [0.15, 0.2) is 18.7 Å². The molecule has 2 aliphatic rings. The summed E-state index contributed by atoms with van der Waals surface area (Å²) in [5.74, 6) is 0.817. The topological polar surface area (TPSA) is 30.3 Å². The van der Waals surface area contributed by atoms with E-state index in [2.05, 4.69) is 20.6 Å². The molecule has 0 radical (unpaired) electrons. The van der Waals surface area contributed by atoms with Crippen molar-refractivity contribution in [2.75, 3.05) is 26.2 Å². The number of hydrogen-bond acceptors (Lipinski definition) is 3. The monoisotopic (exact) mass is 263 g/mol. The van der Waals surface area contributed by atoms with Crippen molar-refractivity contribution in [3.05, 3.63) is 18.7 Å². The summed E-state index contributed by atoms with van der Waals surface area (Å²) in [5, 5.41) is 0. The van der Waals surface area contributed by atoms with Gasteiger partial charge in [-0.1, -0.05) is 0 Å². The molecular formula is C15H25N3O. The predicted octanol–water partition coefficient (Wildman–Crippen LogP) is 2.16. The Morgan fingerprint density at radius 3 is 2.68 bits per heavy atom. The molecule has 4 heteroatoms. The van der Waals surface area contributed by atoms with Gasteiger partial charge in [-0.15, -0.1) is 0 Å². The van der Waals surface area contributed by atoms with E-state index < -0.39 is 0 Å². The molecule has 0 N–H and O–H groups in total. The standard InChI is InChI=1S/C15H25N3O/c1-2-10-19-15(3-1)12-17-7-4-14(5-8-17)11-18-9-6-16-13-18/h6,9,13-15H,1-5,7-8,10-12H2/t15-/m0/s1. The number of aromatic nitrogens is 2. The summed E-state index contributed by atoms with van der Waals surface area (Å²) in [6, 6.07) is 0. The molecule has 1 atom stereocenters. The second-order valence-electron chi connectivity index (χ2n) is 5.99. The minimum atomic E-state index is 0.499. The molecule has 4 nitrogen and oxygen atoms in total. The molecule has 0 bridgehead atoms. The molecule has 2 saturated heterocycles. The molecule has 0 saturated carbocycles. The fraction of sp³-hybridized carbons (Fsp3) is 0.800. The molecule has 1 aromatic heterocycles. The average Bonchev–Trinajstić information content (AvgIpc) is 2.95. The summed E-state index contributed by atoms with van der Waals surface area (Å²) in [6.45, 7) is 5.73. The highest BCUT2D eigenvalue weighted by Gasteiger charge is 2.23. The van der Waals surface area contributed by atoms with E-state index in [1.165, 1.54) is 45.2 Å². The smallest absolute Gasteiger partial charge is 0.0945 e. The third kappa shape index (κ3) is 3.80. The summed E-state index contributed by atoms with van der Waals surface area (Å²) in [7, 11) is 0. The Bertz CT molecular complexity index is 351. The molecule has 106 valence electrons. The van der Waals surface area contributed by atoms with Gasteiger partial charge in [0.25, 0.3) is 0 Å². The summed E-state index contributed by atoms with van der Waals surface area (Å²) >= 11 is 0. The molecule has 0 aliphatic carbocycles. The summed E-state index contributed by atoms with van der Waals surface area (Å²) < 4.78 is 8.05. The lowest BCUT2D eigenvalue weighted by Gasteiger charge is -2.35. The van der Waals surface area contributed by atoms with Crippen LogP contribution in [0.3, 0.4) is 0 Å². The van der Waals surface area contributed by atoms with Crippen LogP contribution in [-0.2, 0) is 11.3 Å². The summed E-state index contributed by atoms with van der Waals surface area (Å²) in [6.07, 6.45) is 12.9. The van der Waals surface area contributed by atoms with Crippen molar-refractivity contribution in [3.8, 4) is 0 Å². The minimum Gasteiger partial charge on any atom is -0.377 e. The van der Waals surface area contributed by atoms with Crippen LogP contribution >= 0.6 is 0 Å². The Labute approximate surface area is 115 Å². The van der Waals surface area contributed by atoms with E-state index in [1.54, 1.807) is 0 Å². The van der Waals surface area contributed by atoms with Crippen LogP contribution in [0.5, 0.6) is 0 Å². The Morgan fingerprint density at radius 1 is 1.11 bits per heavy atom. The predicted molar refractivity (Wildman–Crippen MR) is 75.0 cm³/mol. The first-order valence-electron chi connectivity index (χ1n) is 7.70. The molecule has 0 unspecified atom stereocenters. The Morgan fingerprint density at radius 2 is 2.00 bits per heavy atom. The number of imidazole rings is 1. The van der Waals surface area contributed by atoms with Crippen molar-refractivity contribution in [1.29, 1.82) is 0 Å². The van der Waals surface area contributed by atoms with Crippen molar-refractivity contribution < 1.29 is 4.74 Å². The fourth-order valence-corrected chi connectivity index (χ4v) is 3.28. The molecule has 2 fully saturated rings. The maximum absolute atomic E-state index is 5.84. The minimum absolute atomic E-state index is 0.499. The zero-order valence-electron chi connectivity index (χ0n) is 11.7. The van der Waals surface area contributed by atoms with Crippen molar-refractivity contribution >= 4 is 0 Å². The molecule has 0 spiro atoms. The van der Waals surface area contributed by atoms with Gasteiger partial charge in [-0.05, 0) is 51.1 Å². The van der Waals surface area contributed by atoms with E-state index >= 15 is 0 Å². The van der Waals surface area contributed by atoms with E-state index in [0.29, 0.717) is 6.10 Å². The average molecular weight is 263 g/mol. The highest BCUT2D eigenvalue weighted by Crippen LogP contribution is 2.21. The number of nitrogens with zero attached hydrogens (tertiary/aromatic N) is 3. The van der Waals surface area contributed by atoms with Crippen LogP contribution in [0.1, 0.15) is 32.1 Å². The van der Waals surface area contributed by atoms with Gasteiger partial charge in [-0.2, -0.15) is 0 Å². The first kappa shape index (κ1) is 13.1. The molecule has 19 heavy (non-hydrogen) atoms. The molecule has 0 aromatic carbocycles. The maximum atomic E-state index is 5.84. The zero-order valence-corrected chi connectivity index (χ0v) is 11.7. The van der Waals surface area contributed by atoms with Gasteiger partial charge in [0.15, 0.2) is 0 Å². The summed E-state index contributed by atoms with van der Waals surface area (Å²) in [5.41, 5.74) is 0. The van der Waals surface area contributed by atoms with Crippen LogP contribution in [0.25, 0.3) is 0 Å². The van der Waals surface area contributed by atoms with Crippen LogP contribution in [-0.4, -0.2) is 46.8 Å². The van der Waals surface area contributed by atoms with Gasteiger partial charge in [0, 0.05) is 32.1 Å². The lowest BCUT2D eigenvalue weighted by atomic mass is 9.96. The van der Waals surface area contributed by atoms with E-state index in [-0.39, 0.29) is 0 Å². The molecule has 3 rings (SSSR count). The normalized spacial score (nSPS) is 26.6. The number of ether oxygens (including phenoxy) is 1. The van der Waals surface area contributed by atoms with Crippen molar-refractivity contribution in [1.82, 2.24) is 14.5 Å². The number of rotatable bonds is 4. The highest BCUT2D eigenvalue weighted by atomic mass is 16.5. The van der Waals surface area contributed by atoms with Crippen LogP contribution in [0.2, 0.25) is 0 Å². The lowest BCUT2D eigenvalue weighted by Crippen LogP contribution is -2.41. The number of likely N-dealkylation sites (tertiary alicyclic amines) is 1. The Balaban J connectivity index is 1.39.